The van der Waals surface area contributed by atoms with Gasteiger partial charge in [0.15, 0.2) is 5.83 Å². The zero-order valence-corrected chi connectivity index (χ0v) is 26.5. The fraction of sp³-hybridized carbons (Fsp3) is 0.455. The van der Waals surface area contributed by atoms with Crippen LogP contribution >= 0.6 is 25.1 Å². The van der Waals surface area contributed by atoms with Crippen LogP contribution in [0.25, 0.3) is 15.6 Å². The van der Waals surface area contributed by atoms with Gasteiger partial charge in [0.2, 0.25) is 6.54 Å². The molecule has 12 heteroatoms. The van der Waals surface area contributed by atoms with Crippen LogP contribution in [0.5, 0.6) is 6.01 Å². The Morgan fingerprint density at radius 1 is 1.22 bits per heavy atom. The molecule has 6 rings (SSSR count). The number of carbonyl (C=O) groups excluding carboxylic acids is 1. The Kier molecular flexibility index (Phi) is 7.62. The first-order chi connectivity index (χ1) is 23.6. The fourth-order valence-corrected chi connectivity index (χ4v) is 6.55. The third kappa shape index (κ3) is 6.83. The summed E-state index contributed by atoms with van der Waals surface area (Å²) in [6, 6.07) is 11.2. The molecule has 1 amide bonds. The van der Waals surface area contributed by atoms with Crippen molar-refractivity contribution in [1.82, 2.24) is 19.8 Å². The summed E-state index contributed by atoms with van der Waals surface area (Å²) in [6.45, 7) is 6.48. The van der Waals surface area contributed by atoms with E-state index in [0.29, 0.717) is 60.3 Å². The van der Waals surface area contributed by atoms with E-state index in [1.807, 2.05) is 41.3 Å². The Morgan fingerprint density at radius 3 is 2.71 bits per heavy atom. The molecule has 1 aromatic heterocycles. The molecule has 1 saturated carbocycles. The molecule has 3 aromatic rings. The van der Waals surface area contributed by atoms with E-state index in [0.717, 1.165) is 22.0 Å². The largest absolute Gasteiger partial charge is 0.463 e. The van der Waals surface area contributed by atoms with Crippen molar-refractivity contribution in [2.45, 2.75) is 31.8 Å². The van der Waals surface area contributed by atoms with Gasteiger partial charge in [0.25, 0.3) is 5.91 Å². The zero-order valence-electron chi connectivity index (χ0n) is 30.7. The molecule has 9 nitrogen and oxygen atoms in total. The van der Waals surface area contributed by atoms with Gasteiger partial charge in [-0.3, -0.25) is 4.79 Å². The molecule has 1 aliphatic carbocycles. The molecular weight excluding hydrogens is 613 g/mol. The highest BCUT2D eigenvalue weighted by molar-refractivity contribution is 7.59. The highest BCUT2D eigenvalue weighted by Crippen LogP contribution is 2.46. The number of benzene rings is 2. The van der Waals surface area contributed by atoms with Crippen LogP contribution < -0.4 is 14.5 Å². The van der Waals surface area contributed by atoms with Crippen LogP contribution in [0.15, 0.2) is 48.8 Å². The Bertz CT molecular complexity index is 1840. The number of hydrogen-bond donors (Lipinski definition) is 0. The molecule has 0 bridgehead atoms. The maximum absolute atomic E-state index is 13.9. The smallest absolute Gasteiger partial charge is 0.318 e. The minimum absolute atomic E-state index is 0. The SMILES string of the molecule is S.[2H]C([2H])([2H])N(CC1(COc2nc3c(c(N4CCN(C(=O)C(=C)F)[C@@H](C[N+]#[C-])C4)n2)CCN(c2cccc4cccc(Cl)c24)C3)CC1)C([2H])([2H])[2H]. The highest BCUT2D eigenvalue weighted by Gasteiger charge is 2.44. The van der Waals surface area contributed by atoms with Gasteiger partial charge >= 0.3 is 6.01 Å². The third-order valence-electron chi connectivity index (χ3n) is 8.73. The lowest BCUT2D eigenvalue weighted by Crippen LogP contribution is -2.57. The van der Waals surface area contributed by atoms with Crippen molar-refractivity contribution in [1.29, 1.82) is 0 Å². The van der Waals surface area contributed by atoms with Crippen molar-refractivity contribution in [3.63, 3.8) is 0 Å². The van der Waals surface area contributed by atoms with Crippen molar-refractivity contribution in [2.24, 2.45) is 5.41 Å². The van der Waals surface area contributed by atoms with Gasteiger partial charge in [0.05, 0.1) is 23.9 Å². The topological polar surface area (TPSA) is 69.4 Å². The van der Waals surface area contributed by atoms with Gasteiger partial charge in [-0.05, 0) is 50.7 Å². The van der Waals surface area contributed by atoms with Crippen molar-refractivity contribution in [3.8, 4) is 6.01 Å². The average Bonchev–Trinajstić information content (AvgIpc) is 3.84. The van der Waals surface area contributed by atoms with Gasteiger partial charge in [-0.2, -0.15) is 23.5 Å². The van der Waals surface area contributed by atoms with E-state index in [2.05, 4.69) is 16.3 Å². The molecule has 45 heavy (non-hydrogen) atoms. The quantitative estimate of drug-likeness (QED) is 0.234. The number of hydrogen-bond acceptors (Lipinski definition) is 7. The molecule has 2 aromatic carbocycles. The lowest BCUT2D eigenvalue weighted by atomic mass is 10.0. The number of nitrogens with zero attached hydrogens (tertiary/aromatic N) is 7. The summed E-state index contributed by atoms with van der Waals surface area (Å²) < 4.78 is 66.9. The Morgan fingerprint density at radius 2 is 2.00 bits per heavy atom. The molecule has 3 aliphatic rings. The van der Waals surface area contributed by atoms with E-state index in [1.54, 1.807) is 0 Å². The van der Waals surface area contributed by atoms with E-state index >= 15 is 0 Å². The van der Waals surface area contributed by atoms with Crippen LogP contribution in [0.2, 0.25) is 5.02 Å². The summed E-state index contributed by atoms with van der Waals surface area (Å²) in [5.74, 6) is -1.34. The van der Waals surface area contributed by atoms with Gasteiger partial charge in [-0.25, -0.2) is 11.0 Å². The first-order valence-electron chi connectivity index (χ1n) is 17.6. The number of fused-ring (bicyclic) bond motifs is 2. The maximum atomic E-state index is 13.9. The summed E-state index contributed by atoms with van der Waals surface area (Å²) in [4.78, 5) is 31.8. The molecule has 1 atom stereocenters. The molecule has 0 N–H and O–H groups in total. The highest BCUT2D eigenvalue weighted by atomic mass is 35.5. The van der Waals surface area contributed by atoms with Gasteiger partial charge < -0.3 is 29.2 Å². The predicted molar refractivity (Wildman–Crippen MR) is 181 cm³/mol. The van der Waals surface area contributed by atoms with E-state index in [4.69, 9.17) is 41.1 Å². The molecule has 2 aliphatic heterocycles. The van der Waals surface area contributed by atoms with Crippen molar-refractivity contribution in [3.05, 3.63) is 76.5 Å². The first kappa shape index (κ1) is 25.6. The van der Waals surface area contributed by atoms with Crippen LogP contribution in [0, 0.1) is 12.0 Å². The molecule has 0 radical (unpaired) electrons. The van der Waals surface area contributed by atoms with E-state index in [1.165, 1.54) is 4.90 Å². The average molecular weight is 658 g/mol. The Balaban J connectivity index is 0.00000504. The number of carbonyl (C=O) groups is 1. The normalized spacial score (nSPS) is 21.2. The van der Waals surface area contributed by atoms with Crippen LogP contribution in [0.1, 0.15) is 32.3 Å². The van der Waals surface area contributed by atoms with Crippen molar-refractivity contribution < 1.29 is 22.1 Å². The van der Waals surface area contributed by atoms with Gasteiger partial charge in [-0.15, -0.1) is 0 Å². The standard InChI is InChI=1S/C33H37ClFN7O2.H2S/c1-22(35)31(43)42-16-15-41(18-24(42)17-36-2)30-25-11-14-40(28-10-6-8-23-7-5-9-26(34)29(23)28)19-27(25)37-32(38-30)44-21-33(12-13-33)20-39(3)4;/h5-10,24H,1,11-21H2,3-4H3;1H2/t24-;/m0./s1/i3D3,4D3;. The minimum atomic E-state index is -2.82. The second kappa shape index (κ2) is 13.4. The molecule has 238 valence electrons. The lowest BCUT2D eigenvalue weighted by molar-refractivity contribution is -0.131. The number of halogens is 2. The molecule has 3 heterocycles. The number of aromatic nitrogens is 2. The summed E-state index contributed by atoms with van der Waals surface area (Å²) >= 11 is 6.68. The van der Waals surface area contributed by atoms with Gasteiger partial charge in [-0.1, -0.05) is 42.4 Å². The maximum Gasteiger partial charge on any atom is 0.318 e. The summed E-state index contributed by atoms with van der Waals surface area (Å²) in [7, 11) is 0. The zero-order chi connectivity index (χ0) is 36.0. The van der Waals surface area contributed by atoms with Crippen LogP contribution in [-0.4, -0.2) is 91.5 Å². The lowest BCUT2D eigenvalue weighted by Gasteiger charge is -2.41. The third-order valence-corrected chi connectivity index (χ3v) is 9.05. The number of rotatable bonds is 9. The van der Waals surface area contributed by atoms with Gasteiger partial charge in [0, 0.05) is 63.0 Å². The molecule has 0 spiro atoms. The van der Waals surface area contributed by atoms with Crippen LogP contribution in [-0.2, 0) is 17.8 Å². The van der Waals surface area contributed by atoms with Crippen LogP contribution in [0.3, 0.4) is 0 Å². The second-order valence-corrected chi connectivity index (χ2v) is 12.2. The van der Waals surface area contributed by atoms with E-state index < -0.39 is 37.1 Å². The number of anilines is 2. The monoisotopic (exact) mass is 657 g/mol. The molecular formula is C33H39ClFN7O2S. The van der Waals surface area contributed by atoms with Crippen molar-refractivity contribution in [2.75, 3.05) is 69.6 Å². The number of piperazine rings is 1. The van der Waals surface area contributed by atoms with E-state index in [9.17, 15) is 9.18 Å². The second-order valence-electron chi connectivity index (χ2n) is 11.8. The Labute approximate surface area is 284 Å². The fourth-order valence-electron chi connectivity index (χ4n) is 6.27. The van der Waals surface area contributed by atoms with Crippen molar-refractivity contribution >= 4 is 53.3 Å². The molecule has 0 unspecified atom stereocenters. The Hall–Kier alpha value is -3.59. The summed E-state index contributed by atoms with van der Waals surface area (Å²) in [5, 5.41) is 2.55. The first-order valence-corrected chi connectivity index (χ1v) is 14.9. The van der Waals surface area contributed by atoms with Crippen LogP contribution in [0.4, 0.5) is 15.9 Å². The summed E-state index contributed by atoms with van der Waals surface area (Å²) in [6.07, 6.45) is 1.73. The molecule has 2 fully saturated rings. The summed E-state index contributed by atoms with van der Waals surface area (Å²) in [5.41, 5.74) is 1.83. The predicted octanol–water partition coefficient (Wildman–Crippen LogP) is 5.10. The number of ether oxygens (including phenoxy) is 1. The van der Waals surface area contributed by atoms with Gasteiger partial charge in [0.1, 0.15) is 11.9 Å². The number of amides is 1. The van der Waals surface area contributed by atoms with E-state index in [-0.39, 0.29) is 52.3 Å². The molecule has 1 saturated heterocycles. The minimum Gasteiger partial charge on any atom is -0.463 e.